The zero-order valence-corrected chi connectivity index (χ0v) is 5.73. The minimum atomic E-state index is 1.07. The zero-order valence-electron chi connectivity index (χ0n) is 4.09. The molecule has 1 aliphatic heterocycles. The highest BCUT2D eigenvalue weighted by Crippen LogP contribution is 2.55. The molecule has 40 valence electrons. The molecule has 1 aliphatic carbocycles. The van der Waals surface area contributed by atoms with Gasteiger partial charge in [-0.05, 0) is 12.8 Å². The van der Waals surface area contributed by atoms with E-state index in [0.29, 0.717) is 0 Å². The Labute approximate surface area is 51.8 Å². The number of hydrogen-bond donors (Lipinski definition) is 0. The van der Waals surface area contributed by atoms with Crippen molar-refractivity contribution >= 4 is 21.6 Å². The first-order valence-corrected chi connectivity index (χ1v) is 5.06. The molecule has 0 aromatic rings. The molecule has 2 aliphatic rings. The fraction of sp³-hybridized carbons (Fsp3) is 1.00. The molecule has 0 radical (unpaired) electrons. The van der Waals surface area contributed by atoms with E-state index in [1.54, 1.807) is 0 Å². The molecule has 0 amide bonds. The lowest BCUT2D eigenvalue weighted by Crippen LogP contribution is -2.18. The van der Waals surface area contributed by atoms with Crippen molar-refractivity contribution in [3.63, 3.8) is 0 Å². The van der Waals surface area contributed by atoms with Gasteiger partial charge in [0.05, 0.1) is 0 Å². The summed E-state index contributed by atoms with van der Waals surface area (Å²) in [6.45, 7) is 0. The standard InChI is InChI=1S/C5H8S2/c1-2-4-5(3-1)7-6-4/h4-5H,1-3H2. The van der Waals surface area contributed by atoms with Gasteiger partial charge in [-0.3, -0.25) is 0 Å². The number of hydrogen-bond acceptors (Lipinski definition) is 2. The normalized spacial score (nSPS) is 48.0. The van der Waals surface area contributed by atoms with Crippen molar-refractivity contribution in [1.82, 2.24) is 0 Å². The molecule has 2 rings (SSSR count). The van der Waals surface area contributed by atoms with Crippen molar-refractivity contribution in [3.8, 4) is 0 Å². The highest BCUT2D eigenvalue weighted by Gasteiger charge is 2.36. The van der Waals surface area contributed by atoms with E-state index in [1.165, 1.54) is 19.3 Å². The van der Waals surface area contributed by atoms with Crippen LogP contribution >= 0.6 is 21.6 Å². The molecule has 0 N–H and O–H groups in total. The molecule has 0 aromatic carbocycles. The maximum atomic E-state index is 2.09. The third-order valence-electron chi connectivity index (χ3n) is 1.69. The fourth-order valence-electron chi connectivity index (χ4n) is 1.20. The lowest BCUT2D eigenvalue weighted by Gasteiger charge is -2.27. The Bertz CT molecular complexity index is 72.1. The molecule has 0 spiro atoms. The van der Waals surface area contributed by atoms with E-state index in [0.717, 1.165) is 10.5 Å². The van der Waals surface area contributed by atoms with Crippen molar-refractivity contribution in [1.29, 1.82) is 0 Å². The highest BCUT2D eigenvalue weighted by molar-refractivity contribution is 8.80. The van der Waals surface area contributed by atoms with Crippen LogP contribution in [-0.2, 0) is 0 Å². The molecule has 0 aromatic heterocycles. The smallest absolute Gasteiger partial charge is 0.0278 e. The van der Waals surface area contributed by atoms with Crippen LogP contribution in [0.2, 0.25) is 0 Å². The van der Waals surface area contributed by atoms with Crippen LogP contribution in [-0.4, -0.2) is 10.5 Å². The van der Waals surface area contributed by atoms with E-state index in [2.05, 4.69) is 21.6 Å². The van der Waals surface area contributed by atoms with Crippen LogP contribution in [0.5, 0.6) is 0 Å². The van der Waals surface area contributed by atoms with Gasteiger partial charge in [-0.25, -0.2) is 0 Å². The maximum absolute atomic E-state index is 2.09. The molecule has 0 bridgehead atoms. The lowest BCUT2D eigenvalue weighted by molar-refractivity contribution is 0.893. The maximum Gasteiger partial charge on any atom is 0.0278 e. The largest absolute Gasteiger partial charge is 0.0892 e. The molecule has 1 saturated carbocycles. The molecule has 2 heteroatoms. The molecule has 2 atom stereocenters. The first-order valence-electron chi connectivity index (χ1n) is 2.79. The van der Waals surface area contributed by atoms with Gasteiger partial charge in [0.25, 0.3) is 0 Å². The van der Waals surface area contributed by atoms with E-state index in [4.69, 9.17) is 0 Å². The van der Waals surface area contributed by atoms with Gasteiger partial charge in [-0.2, -0.15) is 0 Å². The van der Waals surface area contributed by atoms with Crippen LogP contribution in [0, 0.1) is 0 Å². The van der Waals surface area contributed by atoms with Gasteiger partial charge in [0.1, 0.15) is 0 Å². The summed E-state index contributed by atoms with van der Waals surface area (Å²) in [5, 5.41) is 2.15. The van der Waals surface area contributed by atoms with Crippen molar-refractivity contribution in [2.24, 2.45) is 0 Å². The topological polar surface area (TPSA) is 0 Å². The summed E-state index contributed by atoms with van der Waals surface area (Å²) in [5.41, 5.74) is 0. The summed E-state index contributed by atoms with van der Waals surface area (Å²) >= 11 is 0. The van der Waals surface area contributed by atoms with Gasteiger partial charge < -0.3 is 0 Å². The van der Waals surface area contributed by atoms with Crippen molar-refractivity contribution in [2.75, 3.05) is 0 Å². The summed E-state index contributed by atoms with van der Waals surface area (Å²) in [6, 6.07) is 0. The predicted octanol–water partition coefficient (Wildman–Crippen LogP) is 2.30. The third-order valence-corrected chi connectivity index (χ3v) is 5.42. The van der Waals surface area contributed by atoms with Gasteiger partial charge >= 0.3 is 0 Å². The second kappa shape index (κ2) is 1.59. The SMILES string of the molecule is C1CC2SSC2C1. The first kappa shape index (κ1) is 4.57. The monoisotopic (exact) mass is 132 g/mol. The van der Waals surface area contributed by atoms with Crippen LogP contribution in [0.25, 0.3) is 0 Å². The summed E-state index contributed by atoms with van der Waals surface area (Å²) in [4.78, 5) is 0. The van der Waals surface area contributed by atoms with E-state index >= 15 is 0 Å². The van der Waals surface area contributed by atoms with Crippen molar-refractivity contribution in [3.05, 3.63) is 0 Å². The Morgan fingerprint density at radius 2 is 1.57 bits per heavy atom. The van der Waals surface area contributed by atoms with Gasteiger partial charge in [0.2, 0.25) is 0 Å². The summed E-state index contributed by atoms with van der Waals surface area (Å²) in [6.07, 6.45) is 4.50. The Hall–Kier alpha value is 0.700. The van der Waals surface area contributed by atoms with E-state index < -0.39 is 0 Å². The van der Waals surface area contributed by atoms with E-state index in [-0.39, 0.29) is 0 Å². The zero-order chi connectivity index (χ0) is 4.69. The van der Waals surface area contributed by atoms with Crippen LogP contribution in [0.15, 0.2) is 0 Å². The number of fused-ring (bicyclic) bond motifs is 1. The Morgan fingerprint density at radius 3 is 1.86 bits per heavy atom. The van der Waals surface area contributed by atoms with Crippen LogP contribution in [0.4, 0.5) is 0 Å². The quantitative estimate of drug-likeness (QED) is 0.464. The predicted molar refractivity (Wildman–Crippen MR) is 36.6 cm³/mol. The molecule has 0 nitrogen and oxygen atoms in total. The van der Waals surface area contributed by atoms with Crippen molar-refractivity contribution < 1.29 is 0 Å². The van der Waals surface area contributed by atoms with Crippen LogP contribution in [0.1, 0.15) is 19.3 Å². The molecular weight excluding hydrogens is 124 g/mol. The Balaban J connectivity index is 2.03. The molecule has 1 heterocycles. The average Bonchev–Trinajstić information content (AvgIpc) is 1.85. The summed E-state index contributed by atoms with van der Waals surface area (Å²) in [7, 11) is 4.19. The second-order valence-electron chi connectivity index (χ2n) is 2.20. The molecular formula is C5H8S2. The highest BCUT2D eigenvalue weighted by atomic mass is 33.1. The molecule has 7 heavy (non-hydrogen) atoms. The number of rotatable bonds is 0. The third kappa shape index (κ3) is 0.600. The second-order valence-corrected chi connectivity index (χ2v) is 4.95. The molecule has 2 fully saturated rings. The fourth-order valence-corrected chi connectivity index (χ4v) is 4.28. The van der Waals surface area contributed by atoms with Crippen molar-refractivity contribution in [2.45, 2.75) is 29.8 Å². The molecule has 1 saturated heterocycles. The minimum absolute atomic E-state index is 1.07. The van der Waals surface area contributed by atoms with E-state index in [9.17, 15) is 0 Å². The Morgan fingerprint density at radius 1 is 1.00 bits per heavy atom. The average molecular weight is 132 g/mol. The minimum Gasteiger partial charge on any atom is -0.0892 e. The van der Waals surface area contributed by atoms with E-state index in [1.807, 2.05) is 0 Å². The summed E-state index contributed by atoms with van der Waals surface area (Å²) in [5.74, 6) is 0. The van der Waals surface area contributed by atoms with Gasteiger partial charge in [0.15, 0.2) is 0 Å². The van der Waals surface area contributed by atoms with Gasteiger partial charge in [0, 0.05) is 10.5 Å². The van der Waals surface area contributed by atoms with Gasteiger partial charge in [-0.1, -0.05) is 28.0 Å². The first-order chi connectivity index (χ1) is 3.47. The lowest BCUT2D eigenvalue weighted by atomic mass is 10.4. The van der Waals surface area contributed by atoms with Crippen LogP contribution in [0.3, 0.4) is 0 Å². The molecule has 2 unspecified atom stereocenters. The van der Waals surface area contributed by atoms with Gasteiger partial charge in [-0.15, -0.1) is 0 Å². The Kier molecular flexibility index (Phi) is 1.04. The van der Waals surface area contributed by atoms with Crippen LogP contribution < -0.4 is 0 Å². The summed E-state index contributed by atoms with van der Waals surface area (Å²) < 4.78 is 0.